The summed E-state index contributed by atoms with van der Waals surface area (Å²) in [5.74, 6) is 0. The summed E-state index contributed by atoms with van der Waals surface area (Å²) in [6.45, 7) is 32.7. The summed E-state index contributed by atoms with van der Waals surface area (Å²) >= 11 is 0. The number of benzene rings is 23. The third-order valence-electron chi connectivity index (χ3n) is 30.4. The Balaban J connectivity index is 0.000000119. The summed E-state index contributed by atoms with van der Waals surface area (Å²) in [4.78, 5) is 0. The molecule has 0 atom stereocenters. The summed E-state index contributed by atoms with van der Waals surface area (Å²) in [6, 6.07) is 195. The van der Waals surface area contributed by atoms with E-state index in [0.29, 0.717) is 0 Å². The fourth-order valence-corrected chi connectivity index (χ4v) is 25.0. The smallest absolute Gasteiger partial charge is 0.0683 e. The maximum Gasteiger partial charge on any atom is 0.0725 e. The van der Waals surface area contributed by atoms with Crippen molar-refractivity contribution in [1.29, 1.82) is 0 Å². The van der Waals surface area contributed by atoms with Crippen LogP contribution in [0.2, 0.25) is 0 Å². The van der Waals surface area contributed by atoms with Crippen molar-refractivity contribution in [2.45, 2.75) is 138 Å². The molecule has 0 nitrogen and oxygen atoms in total. The number of hydrogen-bond acceptors (Lipinski definition) is 0. The Morgan fingerprint density at radius 3 is 0.483 bits per heavy atom. The Hall–Kier alpha value is -16.6. The molecule has 0 fully saturated rings. The fraction of sp³-hybridized carbons (Fsp3) is 0.141. The Kier molecular flexibility index (Phi) is 31.3. The molecule has 0 N–H and O–H groups in total. The van der Waals surface area contributed by atoms with Crippen LogP contribution in [0.3, 0.4) is 0 Å². The van der Waals surface area contributed by atoms with Crippen molar-refractivity contribution in [3.63, 3.8) is 0 Å². The lowest BCUT2D eigenvalue weighted by molar-refractivity contribution is 0.661. The first-order valence-corrected chi connectivity index (χ1v) is 54.4. The van der Waals surface area contributed by atoms with Crippen LogP contribution < -0.4 is 0 Å². The van der Waals surface area contributed by atoms with E-state index in [-0.39, 0.29) is 27.1 Å². The van der Waals surface area contributed by atoms with Crippen molar-refractivity contribution in [1.82, 2.24) is 0 Å². The maximum atomic E-state index is 2.37. The van der Waals surface area contributed by atoms with Crippen LogP contribution in [0, 0.1) is 0 Å². The van der Waals surface area contributed by atoms with Gasteiger partial charge in [-0.15, -0.1) is 0 Å². The third kappa shape index (κ3) is 16.9. The van der Waals surface area contributed by atoms with E-state index in [9.17, 15) is 0 Å². The van der Waals surface area contributed by atoms with Crippen molar-refractivity contribution in [3.8, 4) is 66.8 Å². The number of rotatable bonds is 6. The van der Waals surface area contributed by atoms with E-state index in [1.165, 1.54) is 221 Å². The van der Waals surface area contributed by atoms with Gasteiger partial charge in [0.1, 0.15) is 0 Å². The highest BCUT2D eigenvalue weighted by atomic mass is 14.5. The molecule has 0 saturated heterocycles. The van der Waals surface area contributed by atoms with Crippen molar-refractivity contribution in [2.24, 2.45) is 0 Å². The average Bonchev–Trinajstić information content (AvgIpc) is 1.38. The molecular formula is C149H136. The molecule has 6 aliphatic rings. The Bertz CT molecular complexity index is 7680. The minimum absolute atomic E-state index is 0.107. The molecule has 29 rings (SSSR count). The van der Waals surface area contributed by atoms with E-state index < -0.39 is 0 Å². The SMILES string of the molecule is CC.CC.CC.CC.CC.CC.CC.CC1(C)c2ccccc2-c2c1ccc1ccccc21.c1ccc(C2(c3ccccc3)c3ccccc3-c3c2ccc2ccccc32)cc1.c1ccc(C2(c3ccccc3)c3ccccc3-c3c2ccc2ccccc32)cc1.c1ccc(C2(c3ccccc3)c3ccccc3-c3c2ccc2ccccc32)cc1.c1ccc2c(c1)-c1ccccc1C21c2ccccc2-c2c1ccc1ccccc21. The Labute approximate surface area is 886 Å². The lowest BCUT2D eigenvalue weighted by Crippen LogP contribution is -2.28. The molecule has 0 aliphatic heterocycles. The van der Waals surface area contributed by atoms with Crippen LogP contribution >= 0.6 is 0 Å². The second-order valence-corrected chi connectivity index (χ2v) is 37.2. The van der Waals surface area contributed by atoms with Crippen LogP contribution in [-0.4, -0.2) is 0 Å². The van der Waals surface area contributed by atoms with E-state index in [1.807, 2.05) is 96.9 Å². The van der Waals surface area contributed by atoms with Crippen LogP contribution in [0.25, 0.3) is 121 Å². The van der Waals surface area contributed by atoms with Crippen molar-refractivity contribution >= 4 is 53.9 Å². The van der Waals surface area contributed by atoms with Crippen molar-refractivity contribution in [2.75, 3.05) is 0 Å². The Morgan fingerprint density at radius 2 is 0.255 bits per heavy atom. The quantitative estimate of drug-likeness (QED) is 0.156. The first-order valence-electron chi connectivity index (χ1n) is 54.4. The van der Waals surface area contributed by atoms with E-state index in [4.69, 9.17) is 0 Å². The lowest BCUT2D eigenvalue weighted by Gasteiger charge is -2.33. The zero-order valence-electron chi connectivity index (χ0n) is 89.3. The van der Waals surface area contributed by atoms with E-state index in [1.54, 1.807) is 0 Å². The standard InChI is InChI=1S/C29H18.3C29H20.C19H16.7C2H6/c1-2-10-20-19(9-1)17-18-27-28(20)23-13-5-8-16-26(23)29(27)24-14-6-3-11-21(24)22-12-4-7-15-25(22)29;3*1-3-12-22(13-4-1)29(23-14-5-2-6-15-23)26-18-10-9-17-25(26)28-24-16-8-7-11-21(24)19-20-27(28)29;1-19(2)16-10-6-5-9-15(16)18-14-8-4-3-7-13(14)11-12-17(18)19;7*1-2/h1-18H;3*1-20H;3-12H,1-2H3;7*1-2H3. The Morgan fingerprint density at radius 1 is 0.107 bits per heavy atom. The first-order chi connectivity index (χ1) is 73.8. The highest BCUT2D eigenvalue weighted by molar-refractivity contribution is 6.10. The van der Waals surface area contributed by atoms with Gasteiger partial charge in [0.25, 0.3) is 0 Å². The van der Waals surface area contributed by atoms with Crippen LogP contribution in [0.15, 0.2) is 534 Å². The molecule has 23 aromatic carbocycles. The average molecular weight is 1930 g/mol. The molecule has 0 bridgehead atoms. The van der Waals surface area contributed by atoms with Gasteiger partial charge in [0.15, 0.2) is 0 Å². The zero-order chi connectivity index (χ0) is 104. The minimum atomic E-state index is -0.307. The van der Waals surface area contributed by atoms with Gasteiger partial charge in [0.05, 0.1) is 21.7 Å². The van der Waals surface area contributed by atoms with Crippen molar-refractivity contribution in [3.05, 3.63) is 634 Å². The van der Waals surface area contributed by atoms with Gasteiger partial charge in [-0.05, 0) is 221 Å². The van der Waals surface area contributed by atoms with Crippen LogP contribution in [0.4, 0.5) is 0 Å². The summed E-state index contributed by atoms with van der Waals surface area (Å²) in [5, 5.41) is 13.2. The molecule has 0 aromatic heterocycles. The molecule has 0 heteroatoms. The fourth-order valence-electron chi connectivity index (χ4n) is 25.0. The summed E-state index contributed by atoms with van der Waals surface area (Å²) < 4.78 is 0. The highest BCUT2D eigenvalue weighted by Crippen LogP contribution is 2.66. The van der Waals surface area contributed by atoms with Gasteiger partial charge >= 0.3 is 0 Å². The number of hydrogen-bond donors (Lipinski definition) is 0. The molecule has 0 radical (unpaired) electrons. The topological polar surface area (TPSA) is 0 Å². The van der Waals surface area contributed by atoms with Crippen LogP contribution in [-0.2, 0) is 27.1 Å². The first kappa shape index (κ1) is 102. The van der Waals surface area contributed by atoms with Crippen LogP contribution in [0.1, 0.15) is 211 Å². The maximum absolute atomic E-state index is 2.37. The predicted octanol–water partition coefficient (Wildman–Crippen LogP) is 41.1. The van der Waals surface area contributed by atoms with E-state index in [2.05, 4.69) is 548 Å². The largest absolute Gasteiger partial charge is 0.0725 e. The lowest BCUT2D eigenvalue weighted by atomic mass is 9.67. The molecule has 0 unspecified atom stereocenters. The summed E-state index contributed by atoms with van der Waals surface area (Å²) in [6.07, 6.45) is 0. The van der Waals surface area contributed by atoms with Crippen molar-refractivity contribution < 1.29 is 0 Å². The molecule has 0 saturated carbocycles. The van der Waals surface area contributed by atoms with Gasteiger partial charge in [-0.3, -0.25) is 0 Å². The second-order valence-electron chi connectivity index (χ2n) is 37.2. The van der Waals surface area contributed by atoms with Gasteiger partial charge in [0, 0.05) is 5.41 Å². The molecule has 732 valence electrons. The molecule has 0 heterocycles. The van der Waals surface area contributed by atoms with Gasteiger partial charge in [-0.2, -0.15) is 0 Å². The van der Waals surface area contributed by atoms with Gasteiger partial charge in [-0.1, -0.05) is 645 Å². The van der Waals surface area contributed by atoms with E-state index in [0.717, 1.165) is 0 Å². The van der Waals surface area contributed by atoms with Gasteiger partial charge < -0.3 is 0 Å². The van der Waals surface area contributed by atoms with Crippen LogP contribution in [0.5, 0.6) is 0 Å². The molecular weight excluding hydrogens is 1790 g/mol. The molecule has 6 aliphatic carbocycles. The predicted molar refractivity (Wildman–Crippen MR) is 645 cm³/mol. The summed E-state index contributed by atoms with van der Waals surface area (Å²) in [5.41, 5.74) is 40.0. The normalized spacial score (nSPS) is 13.1. The molecule has 1 spiro atoms. The molecule has 23 aromatic rings. The zero-order valence-corrected chi connectivity index (χ0v) is 89.3. The second kappa shape index (κ2) is 45.6. The molecule has 0 amide bonds. The minimum Gasteiger partial charge on any atom is -0.0683 e. The molecule has 149 heavy (non-hydrogen) atoms. The van der Waals surface area contributed by atoms with E-state index >= 15 is 0 Å². The monoisotopic (exact) mass is 1930 g/mol. The number of fused-ring (bicyclic) bond motifs is 32. The highest BCUT2D eigenvalue weighted by Gasteiger charge is 2.54. The van der Waals surface area contributed by atoms with Gasteiger partial charge in [0.2, 0.25) is 0 Å². The summed E-state index contributed by atoms with van der Waals surface area (Å²) in [7, 11) is 0. The van der Waals surface area contributed by atoms with Gasteiger partial charge in [-0.25, -0.2) is 0 Å². The third-order valence-corrected chi connectivity index (χ3v) is 30.4.